The maximum absolute atomic E-state index is 5.60. The summed E-state index contributed by atoms with van der Waals surface area (Å²) in [5.74, 6) is 0.820. The zero-order valence-electron chi connectivity index (χ0n) is 13.8. The Hall–Kier alpha value is -2.35. The summed E-state index contributed by atoms with van der Waals surface area (Å²) in [6.45, 7) is 8.46. The number of pyridine rings is 1. The highest BCUT2D eigenvalue weighted by atomic mass is 16.5. The normalized spacial score (nSPS) is 11.0. The van der Waals surface area contributed by atoms with Gasteiger partial charge in [-0.25, -0.2) is 4.98 Å². The van der Waals surface area contributed by atoms with E-state index in [0.717, 1.165) is 27.9 Å². The Morgan fingerprint density at radius 1 is 0.773 bits per heavy atom. The Balaban J connectivity index is 2.30. The Bertz CT molecular complexity index is 845. The first-order chi connectivity index (χ1) is 10.5. The maximum atomic E-state index is 5.60. The van der Waals surface area contributed by atoms with Crippen molar-refractivity contribution in [3.05, 3.63) is 58.7 Å². The van der Waals surface area contributed by atoms with Crippen LogP contribution in [-0.2, 0) is 0 Å². The number of nitrogens with zero attached hydrogens (tertiary/aromatic N) is 1. The number of ether oxygens (including phenoxy) is 1. The number of fused-ring (bicyclic) bond motifs is 1. The molecule has 0 aliphatic rings. The average Bonchev–Trinajstić information content (AvgIpc) is 2.46. The third-order valence-corrected chi connectivity index (χ3v) is 4.11. The minimum absolute atomic E-state index is 0.820. The summed E-state index contributed by atoms with van der Waals surface area (Å²) in [4.78, 5) is 4.88. The molecule has 0 atom stereocenters. The van der Waals surface area contributed by atoms with E-state index < -0.39 is 0 Å². The van der Waals surface area contributed by atoms with Crippen LogP contribution in [0.2, 0.25) is 0 Å². The van der Waals surface area contributed by atoms with Crippen molar-refractivity contribution in [1.82, 2.24) is 4.98 Å². The molecule has 1 heterocycles. The van der Waals surface area contributed by atoms with Crippen LogP contribution in [0.25, 0.3) is 22.2 Å². The van der Waals surface area contributed by atoms with Crippen LogP contribution < -0.4 is 4.74 Å². The van der Waals surface area contributed by atoms with Gasteiger partial charge in [0.2, 0.25) is 0 Å². The fourth-order valence-electron chi connectivity index (χ4n) is 2.89. The summed E-state index contributed by atoms with van der Waals surface area (Å²) < 4.78 is 5.60. The number of aryl methyl sites for hydroxylation is 4. The average molecular weight is 291 g/mol. The molecule has 0 N–H and O–H groups in total. The van der Waals surface area contributed by atoms with Crippen molar-refractivity contribution in [2.45, 2.75) is 27.7 Å². The van der Waals surface area contributed by atoms with Gasteiger partial charge in [0.05, 0.1) is 12.6 Å². The summed E-state index contributed by atoms with van der Waals surface area (Å²) in [7, 11) is 1.70. The molecule has 0 bridgehead atoms. The lowest BCUT2D eigenvalue weighted by Gasteiger charge is -2.12. The molecule has 22 heavy (non-hydrogen) atoms. The Kier molecular flexibility index (Phi) is 3.61. The minimum atomic E-state index is 0.820. The van der Waals surface area contributed by atoms with Crippen LogP contribution in [0.1, 0.15) is 22.3 Å². The van der Waals surface area contributed by atoms with E-state index in [-0.39, 0.29) is 0 Å². The molecule has 0 saturated heterocycles. The molecule has 0 unspecified atom stereocenters. The highest BCUT2D eigenvalue weighted by Crippen LogP contribution is 2.33. The fourth-order valence-corrected chi connectivity index (χ4v) is 2.89. The molecule has 3 rings (SSSR count). The van der Waals surface area contributed by atoms with Crippen molar-refractivity contribution in [3.63, 3.8) is 0 Å². The van der Waals surface area contributed by atoms with E-state index in [9.17, 15) is 0 Å². The maximum Gasteiger partial charge on any atom is 0.145 e. The van der Waals surface area contributed by atoms with Crippen LogP contribution in [0.4, 0.5) is 0 Å². The molecule has 0 amide bonds. The topological polar surface area (TPSA) is 22.1 Å². The number of methoxy groups -OCH3 is 1. The van der Waals surface area contributed by atoms with E-state index in [0.29, 0.717) is 0 Å². The summed E-state index contributed by atoms with van der Waals surface area (Å²) >= 11 is 0. The lowest BCUT2D eigenvalue weighted by Crippen LogP contribution is -1.95. The van der Waals surface area contributed by atoms with Gasteiger partial charge in [-0.2, -0.15) is 0 Å². The van der Waals surface area contributed by atoms with Gasteiger partial charge in [0, 0.05) is 10.9 Å². The second kappa shape index (κ2) is 5.45. The van der Waals surface area contributed by atoms with Gasteiger partial charge in [-0.3, -0.25) is 0 Å². The molecule has 0 saturated carbocycles. The van der Waals surface area contributed by atoms with Gasteiger partial charge in [-0.1, -0.05) is 17.2 Å². The van der Waals surface area contributed by atoms with Crippen molar-refractivity contribution < 1.29 is 4.74 Å². The van der Waals surface area contributed by atoms with E-state index >= 15 is 0 Å². The monoisotopic (exact) mass is 291 g/mol. The molecule has 0 spiro atoms. The number of hydrogen-bond donors (Lipinski definition) is 0. The molecule has 2 aromatic carbocycles. The Morgan fingerprint density at radius 2 is 1.41 bits per heavy atom. The molecule has 0 radical (unpaired) electrons. The smallest absolute Gasteiger partial charge is 0.145 e. The lowest BCUT2D eigenvalue weighted by atomic mass is 10.0. The molecule has 2 heteroatoms. The molecular formula is C20H21NO. The van der Waals surface area contributed by atoms with Gasteiger partial charge in [-0.15, -0.1) is 0 Å². The number of aromatic nitrogens is 1. The third-order valence-electron chi connectivity index (χ3n) is 4.11. The van der Waals surface area contributed by atoms with Crippen molar-refractivity contribution in [2.75, 3.05) is 7.11 Å². The van der Waals surface area contributed by atoms with E-state index in [1.165, 1.54) is 22.3 Å². The number of rotatable bonds is 2. The number of hydrogen-bond acceptors (Lipinski definition) is 2. The fraction of sp³-hybridized carbons (Fsp3) is 0.250. The Morgan fingerprint density at radius 3 is 2.05 bits per heavy atom. The lowest BCUT2D eigenvalue weighted by molar-refractivity contribution is 0.415. The van der Waals surface area contributed by atoms with Crippen LogP contribution in [0.5, 0.6) is 5.75 Å². The van der Waals surface area contributed by atoms with Crippen LogP contribution >= 0.6 is 0 Å². The predicted octanol–water partition coefficient (Wildman–Crippen LogP) is 5.14. The summed E-state index contributed by atoms with van der Waals surface area (Å²) in [6.07, 6.45) is 0. The molecule has 3 aromatic rings. The first-order valence-electron chi connectivity index (χ1n) is 7.52. The van der Waals surface area contributed by atoms with E-state index in [1.807, 2.05) is 0 Å². The summed E-state index contributed by atoms with van der Waals surface area (Å²) in [5.41, 5.74) is 8.03. The van der Waals surface area contributed by atoms with Crippen LogP contribution in [0.15, 0.2) is 36.4 Å². The van der Waals surface area contributed by atoms with Crippen molar-refractivity contribution in [2.24, 2.45) is 0 Å². The van der Waals surface area contributed by atoms with Crippen LogP contribution in [0, 0.1) is 27.7 Å². The Labute approximate surface area is 131 Å². The van der Waals surface area contributed by atoms with Crippen molar-refractivity contribution >= 4 is 10.9 Å². The van der Waals surface area contributed by atoms with Crippen LogP contribution in [-0.4, -0.2) is 12.1 Å². The molecule has 0 aliphatic carbocycles. The molecular weight excluding hydrogens is 270 g/mol. The van der Waals surface area contributed by atoms with E-state index in [4.69, 9.17) is 9.72 Å². The van der Waals surface area contributed by atoms with Crippen LogP contribution in [0.3, 0.4) is 0 Å². The first kappa shape index (κ1) is 14.6. The van der Waals surface area contributed by atoms with Gasteiger partial charge < -0.3 is 4.74 Å². The zero-order chi connectivity index (χ0) is 15.9. The predicted molar refractivity (Wildman–Crippen MR) is 92.7 cm³/mol. The van der Waals surface area contributed by atoms with E-state index in [1.54, 1.807) is 7.11 Å². The van der Waals surface area contributed by atoms with Gasteiger partial charge in [0.25, 0.3) is 0 Å². The largest absolute Gasteiger partial charge is 0.494 e. The van der Waals surface area contributed by atoms with Gasteiger partial charge in [0.1, 0.15) is 11.4 Å². The first-order valence-corrected chi connectivity index (χ1v) is 7.52. The summed E-state index contributed by atoms with van der Waals surface area (Å²) in [5, 5.41) is 1.12. The van der Waals surface area contributed by atoms with E-state index in [2.05, 4.69) is 64.1 Å². The standard InChI is InChI=1S/C20H21NO/c1-12-6-13(2)8-17(7-12)20-19(22-5)11-16-9-14(3)15(4)10-18(16)21-20/h6-11H,1-5H3. The van der Waals surface area contributed by atoms with Gasteiger partial charge in [0.15, 0.2) is 0 Å². The van der Waals surface area contributed by atoms with Gasteiger partial charge in [-0.05, 0) is 69.2 Å². The second-order valence-corrected chi connectivity index (χ2v) is 6.04. The minimum Gasteiger partial charge on any atom is -0.494 e. The quantitative estimate of drug-likeness (QED) is 0.652. The molecule has 0 fully saturated rings. The number of benzene rings is 2. The van der Waals surface area contributed by atoms with Gasteiger partial charge >= 0.3 is 0 Å². The summed E-state index contributed by atoms with van der Waals surface area (Å²) in [6, 6.07) is 12.9. The van der Waals surface area contributed by atoms with Crippen molar-refractivity contribution in [3.8, 4) is 17.0 Å². The SMILES string of the molecule is COc1cc2cc(C)c(C)cc2nc1-c1cc(C)cc(C)c1. The molecule has 2 nitrogen and oxygen atoms in total. The highest BCUT2D eigenvalue weighted by molar-refractivity contribution is 5.86. The van der Waals surface area contributed by atoms with Crippen molar-refractivity contribution in [1.29, 1.82) is 0 Å². The molecule has 1 aromatic heterocycles. The second-order valence-electron chi connectivity index (χ2n) is 6.04. The zero-order valence-corrected chi connectivity index (χ0v) is 13.8. The highest BCUT2D eigenvalue weighted by Gasteiger charge is 2.11. The molecule has 112 valence electrons. The third kappa shape index (κ3) is 2.57. The molecule has 0 aliphatic heterocycles.